The first kappa shape index (κ1) is 20.2. The molecule has 1 amide bonds. The Balaban J connectivity index is 1.96. The van der Waals surface area contributed by atoms with Gasteiger partial charge in [-0.05, 0) is 18.9 Å². The molecule has 2 N–H and O–H groups in total. The molecule has 9 heteroatoms. The molecular weight excluding hydrogens is 362 g/mol. The van der Waals surface area contributed by atoms with Gasteiger partial charge in [-0.3, -0.25) is 24.0 Å². The van der Waals surface area contributed by atoms with Gasteiger partial charge in [0.15, 0.2) is 0 Å². The Morgan fingerprint density at radius 3 is 2.61 bits per heavy atom. The number of aryl methyl sites for hydroxylation is 1. The summed E-state index contributed by atoms with van der Waals surface area (Å²) in [6.07, 6.45) is 0. The van der Waals surface area contributed by atoms with Crippen LogP contribution >= 0.6 is 0 Å². The number of hydrogen-bond acceptors (Lipinski definition) is 6. The summed E-state index contributed by atoms with van der Waals surface area (Å²) in [5.41, 5.74) is -0.0609. The van der Waals surface area contributed by atoms with E-state index in [2.05, 4.69) is 20.2 Å². The molecule has 2 aromatic heterocycles. The molecule has 0 radical (unpaired) electrons. The van der Waals surface area contributed by atoms with Crippen molar-refractivity contribution >= 4 is 16.9 Å². The predicted octanol–water partition coefficient (Wildman–Crippen LogP) is 0.196. The van der Waals surface area contributed by atoms with E-state index in [1.807, 2.05) is 20.8 Å². The molecule has 0 aliphatic carbocycles. The number of aromatic nitrogens is 3. The van der Waals surface area contributed by atoms with E-state index in [1.54, 1.807) is 6.07 Å². The van der Waals surface area contributed by atoms with Crippen LogP contribution in [0.4, 0.5) is 0 Å². The summed E-state index contributed by atoms with van der Waals surface area (Å²) in [7, 11) is 1.53. The number of carbonyl (C=O) groups excluding carboxylic acids is 1. The van der Waals surface area contributed by atoms with Gasteiger partial charge < -0.3 is 10.1 Å². The number of fused-ring (bicyclic) bond motifs is 1. The molecule has 28 heavy (non-hydrogen) atoms. The Hall–Kier alpha value is -2.52. The summed E-state index contributed by atoms with van der Waals surface area (Å²) in [6, 6.07) is 1.53. The van der Waals surface area contributed by atoms with Crippen LogP contribution in [0.25, 0.3) is 11.0 Å². The van der Waals surface area contributed by atoms with E-state index in [0.29, 0.717) is 25.5 Å². The number of carbonyl (C=O) groups is 1. The van der Waals surface area contributed by atoms with Gasteiger partial charge in [-0.1, -0.05) is 13.8 Å². The summed E-state index contributed by atoms with van der Waals surface area (Å²) >= 11 is 0. The lowest BCUT2D eigenvalue weighted by Gasteiger charge is -2.29. The topological polar surface area (TPSA) is 109 Å². The third kappa shape index (κ3) is 4.15. The van der Waals surface area contributed by atoms with Gasteiger partial charge in [-0.25, -0.2) is 9.78 Å². The van der Waals surface area contributed by atoms with Crippen molar-refractivity contribution in [2.75, 3.05) is 32.8 Å². The lowest BCUT2D eigenvalue weighted by molar-refractivity contribution is 0.0342. The van der Waals surface area contributed by atoms with E-state index < -0.39 is 11.2 Å². The van der Waals surface area contributed by atoms with Crippen molar-refractivity contribution in [1.82, 2.24) is 24.8 Å². The van der Waals surface area contributed by atoms with Crippen LogP contribution in [0.1, 0.15) is 42.7 Å². The highest BCUT2D eigenvalue weighted by molar-refractivity contribution is 6.05. The van der Waals surface area contributed by atoms with Gasteiger partial charge in [-0.15, -0.1) is 0 Å². The maximum atomic E-state index is 13.0. The second-order valence-corrected chi connectivity index (χ2v) is 7.55. The zero-order valence-electron chi connectivity index (χ0n) is 16.7. The zero-order valence-corrected chi connectivity index (χ0v) is 16.7. The van der Waals surface area contributed by atoms with E-state index in [1.165, 1.54) is 11.6 Å². The highest BCUT2D eigenvalue weighted by Gasteiger charge is 2.21. The number of ether oxygens (including phenoxy) is 1. The fraction of sp³-hybridized carbons (Fsp3) is 0.579. The molecule has 1 fully saturated rings. The lowest BCUT2D eigenvalue weighted by atomic mass is 10.0. The van der Waals surface area contributed by atoms with E-state index >= 15 is 0 Å². The van der Waals surface area contributed by atoms with Gasteiger partial charge in [0.1, 0.15) is 5.65 Å². The van der Waals surface area contributed by atoms with Crippen molar-refractivity contribution in [3.63, 3.8) is 0 Å². The van der Waals surface area contributed by atoms with Crippen molar-refractivity contribution in [1.29, 1.82) is 0 Å². The van der Waals surface area contributed by atoms with Crippen LogP contribution in [0.5, 0.6) is 0 Å². The first-order chi connectivity index (χ1) is 13.3. The molecule has 0 saturated carbocycles. The highest BCUT2D eigenvalue weighted by atomic mass is 16.5. The highest BCUT2D eigenvalue weighted by Crippen LogP contribution is 2.19. The quantitative estimate of drug-likeness (QED) is 0.756. The summed E-state index contributed by atoms with van der Waals surface area (Å²) in [5.74, 6) is -0.310. The van der Waals surface area contributed by atoms with Crippen molar-refractivity contribution in [3.8, 4) is 0 Å². The van der Waals surface area contributed by atoms with Crippen molar-refractivity contribution in [2.24, 2.45) is 7.05 Å². The van der Waals surface area contributed by atoms with Crippen LogP contribution in [-0.2, 0) is 11.8 Å². The minimum Gasteiger partial charge on any atom is -0.379 e. The number of nitrogens with zero attached hydrogens (tertiary/aromatic N) is 3. The Bertz CT molecular complexity index is 988. The van der Waals surface area contributed by atoms with Crippen LogP contribution in [0.3, 0.4) is 0 Å². The smallest absolute Gasteiger partial charge is 0.329 e. The normalized spacial score (nSPS) is 16.5. The molecule has 0 unspecified atom stereocenters. The van der Waals surface area contributed by atoms with Crippen molar-refractivity contribution < 1.29 is 9.53 Å². The van der Waals surface area contributed by atoms with Gasteiger partial charge in [0.05, 0.1) is 24.2 Å². The first-order valence-corrected chi connectivity index (χ1v) is 9.53. The molecule has 0 spiro atoms. The Labute approximate surface area is 162 Å². The average molecular weight is 389 g/mol. The number of pyridine rings is 1. The molecule has 0 aromatic carbocycles. The molecule has 1 atom stereocenters. The third-order valence-electron chi connectivity index (χ3n) is 4.94. The van der Waals surface area contributed by atoms with E-state index in [0.717, 1.165) is 13.1 Å². The Kier molecular flexibility index (Phi) is 5.95. The van der Waals surface area contributed by atoms with Crippen LogP contribution in [-0.4, -0.2) is 64.2 Å². The summed E-state index contributed by atoms with van der Waals surface area (Å²) in [4.78, 5) is 46.4. The summed E-state index contributed by atoms with van der Waals surface area (Å²) in [6.45, 7) is 9.57. The van der Waals surface area contributed by atoms with E-state index in [4.69, 9.17) is 4.74 Å². The molecule has 3 rings (SSSR count). The minimum atomic E-state index is -0.605. The second-order valence-electron chi connectivity index (χ2n) is 7.55. The minimum absolute atomic E-state index is 0.0381. The van der Waals surface area contributed by atoms with Gasteiger partial charge in [0, 0.05) is 38.4 Å². The maximum Gasteiger partial charge on any atom is 0.329 e. The number of hydrogen-bond donors (Lipinski definition) is 2. The van der Waals surface area contributed by atoms with E-state index in [9.17, 15) is 14.4 Å². The van der Waals surface area contributed by atoms with Crippen LogP contribution in [0, 0.1) is 0 Å². The van der Waals surface area contributed by atoms with Crippen LogP contribution in [0.2, 0.25) is 0 Å². The predicted molar refractivity (Wildman–Crippen MR) is 106 cm³/mol. The molecule has 3 heterocycles. The SMILES string of the molecule is CC(C)c1cc(C(=O)N[C@@H](C)CN2CCOCC2)c2c(=O)[nH]c(=O)n(C)c2n1. The lowest BCUT2D eigenvalue weighted by Crippen LogP contribution is -2.46. The van der Waals surface area contributed by atoms with Crippen molar-refractivity contribution in [2.45, 2.75) is 32.7 Å². The van der Waals surface area contributed by atoms with E-state index in [-0.39, 0.29) is 34.5 Å². The third-order valence-corrected chi connectivity index (χ3v) is 4.94. The largest absolute Gasteiger partial charge is 0.379 e. The maximum absolute atomic E-state index is 13.0. The summed E-state index contributed by atoms with van der Waals surface area (Å²) < 4.78 is 6.61. The number of aromatic amines is 1. The Morgan fingerprint density at radius 1 is 1.29 bits per heavy atom. The standard InChI is InChI=1S/C19H27N5O4/c1-11(2)14-9-13(15-16(21-14)23(4)19(27)22-18(15)26)17(25)20-12(3)10-24-5-7-28-8-6-24/h9,11-12H,5-8,10H2,1-4H3,(H,20,25)(H,22,26,27)/t12-/m0/s1. The average Bonchev–Trinajstić information content (AvgIpc) is 2.65. The number of amides is 1. The molecule has 0 bridgehead atoms. The monoisotopic (exact) mass is 389 g/mol. The van der Waals surface area contributed by atoms with Gasteiger partial charge in [-0.2, -0.15) is 0 Å². The van der Waals surface area contributed by atoms with Crippen LogP contribution < -0.4 is 16.6 Å². The fourth-order valence-electron chi connectivity index (χ4n) is 3.35. The number of H-pyrrole nitrogens is 1. The molecule has 1 aliphatic heterocycles. The molecule has 1 aliphatic rings. The van der Waals surface area contributed by atoms with Gasteiger partial charge >= 0.3 is 5.69 Å². The van der Waals surface area contributed by atoms with Gasteiger partial charge in [0.25, 0.3) is 11.5 Å². The number of nitrogens with one attached hydrogen (secondary N) is 2. The van der Waals surface area contributed by atoms with Crippen molar-refractivity contribution in [3.05, 3.63) is 38.2 Å². The molecule has 1 saturated heterocycles. The second kappa shape index (κ2) is 8.24. The molecular formula is C19H27N5O4. The number of rotatable bonds is 5. The number of morpholine rings is 1. The Morgan fingerprint density at radius 2 is 1.96 bits per heavy atom. The fourth-order valence-corrected chi connectivity index (χ4v) is 3.35. The van der Waals surface area contributed by atoms with Gasteiger partial charge in [0.2, 0.25) is 0 Å². The van der Waals surface area contributed by atoms with Crippen LogP contribution in [0.15, 0.2) is 15.7 Å². The molecule has 152 valence electrons. The first-order valence-electron chi connectivity index (χ1n) is 9.53. The molecule has 9 nitrogen and oxygen atoms in total. The zero-order chi connectivity index (χ0) is 20.4. The molecule has 2 aromatic rings. The summed E-state index contributed by atoms with van der Waals surface area (Å²) in [5, 5.41) is 3.10.